The zero-order valence-electron chi connectivity index (χ0n) is 10.1. The molecule has 18 heavy (non-hydrogen) atoms. The van der Waals surface area contributed by atoms with Gasteiger partial charge in [-0.1, -0.05) is 54.1 Å². The van der Waals surface area contributed by atoms with Gasteiger partial charge in [-0.2, -0.15) is 0 Å². The zero-order chi connectivity index (χ0) is 12.5. The lowest BCUT2D eigenvalue weighted by Crippen LogP contribution is -1.86. The van der Waals surface area contributed by atoms with Gasteiger partial charge in [0.2, 0.25) is 0 Å². The number of aromatic hydroxyl groups is 1. The molecule has 2 aromatic carbocycles. The molecular weight excluding hydrogens is 222 g/mol. The fraction of sp³-hybridized carbons (Fsp3) is 0.0625. The van der Waals surface area contributed by atoms with Gasteiger partial charge < -0.3 is 5.11 Å². The Labute approximate surface area is 106 Å². The van der Waals surface area contributed by atoms with Gasteiger partial charge in [0.05, 0.1) is 0 Å². The first-order valence-corrected chi connectivity index (χ1v) is 5.89. The van der Waals surface area contributed by atoms with E-state index in [0.717, 1.165) is 16.3 Å². The fourth-order valence-corrected chi connectivity index (χ4v) is 2.07. The minimum absolute atomic E-state index is 0.247. The van der Waals surface area contributed by atoms with Crippen molar-refractivity contribution in [1.29, 1.82) is 0 Å². The Morgan fingerprint density at radius 2 is 1.67 bits per heavy atom. The maximum atomic E-state index is 10.3. The molecule has 88 valence electrons. The SMILES string of the molecule is Cc1ccc(-c2ncc3ccccc3c2O)cc1. The van der Waals surface area contributed by atoms with Gasteiger partial charge in [-0.05, 0) is 6.92 Å². The first kappa shape index (κ1) is 10.8. The molecule has 0 spiro atoms. The highest BCUT2D eigenvalue weighted by Crippen LogP contribution is 2.33. The van der Waals surface area contributed by atoms with E-state index >= 15 is 0 Å². The number of rotatable bonds is 1. The lowest BCUT2D eigenvalue weighted by atomic mass is 10.0. The van der Waals surface area contributed by atoms with Crippen LogP contribution in [0.4, 0.5) is 0 Å². The van der Waals surface area contributed by atoms with Gasteiger partial charge >= 0.3 is 0 Å². The maximum absolute atomic E-state index is 10.3. The fourth-order valence-electron chi connectivity index (χ4n) is 2.07. The number of benzene rings is 2. The summed E-state index contributed by atoms with van der Waals surface area (Å²) < 4.78 is 0. The third-order valence-corrected chi connectivity index (χ3v) is 3.10. The molecule has 3 rings (SSSR count). The molecule has 2 heteroatoms. The molecule has 0 unspecified atom stereocenters. The van der Waals surface area contributed by atoms with Gasteiger partial charge in [0.25, 0.3) is 0 Å². The molecule has 0 saturated heterocycles. The van der Waals surface area contributed by atoms with Crippen LogP contribution in [0.5, 0.6) is 5.75 Å². The van der Waals surface area contributed by atoms with Crippen LogP contribution in [0, 0.1) is 6.92 Å². The van der Waals surface area contributed by atoms with E-state index in [0.29, 0.717) is 5.69 Å². The highest BCUT2D eigenvalue weighted by atomic mass is 16.3. The van der Waals surface area contributed by atoms with Crippen LogP contribution in [0.25, 0.3) is 22.0 Å². The first-order chi connectivity index (χ1) is 8.75. The van der Waals surface area contributed by atoms with E-state index in [1.165, 1.54) is 5.56 Å². The molecule has 0 atom stereocenters. The summed E-state index contributed by atoms with van der Waals surface area (Å²) in [4.78, 5) is 4.36. The maximum Gasteiger partial charge on any atom is 0.149 e. The van der Waals surface area contributed by atoms with Gasteiger partial charge in [0, 0.05) is 22.5 Å². The summed E-state index contributed by atoms with van der Waals surface area (Å²) in [6, 6.07) is 15.7. The molecule has 1 heterocycles. The normalized spacial score (nSPS) is 10.7. The van der Waals surface area contributed by atoms with Crippen LogP contribution in [0.3, 0.4) is 0 Å². The topological polar surface area (TPSA) is 33.1 Å². The average molecular weight is 235 g/mol. The first-order valence-electron chi connectivity index (χ1n) is 5.89. The predicted molar refractivity (Wildman–Crippen MR) is 73.6 cm³/mol. The van der Waals surface area contributed by atoms with Crippen molar-refractivity contribution >= 4 is 10.8 Å². The van der Waals surface area contributed by atoms with Crippen molar-refractivity contribution in [3.8, 4) is 17.0 Å². The van der Waals surface area contributed by atoms with Crippen LogP contribution >= 0.6 is 0 Å². The number of fused-ring (bicyclic) bond motifs is 1. The zero-order valence-corrected chi connectivity index (χ0v) is 10.1. The second kappa shape index (κ2) is 4.15. The smallest absolute Gasteiger partial charge is 0.149 e. The summed E-state index contributed by atoms with van der Waals surface area (Å²) in [6.07, 6.45) is 1.80. The van der Waals surface area contributed by atoms with Crippen molar-refractivity contribution in [3.05, 3.63) is 60.3 Å². The van der Waals surface area contributed by atoms with E-state index in [4.69, 9.17) is 0 Å². The second-order valence-corrected chi connectivity index (χ2v) is 4.41. The molecule has 0 aliphatic heterocycles. The number of aryl methyl sites for hydroxylation is 1. The van der Waals surface area contributed by atoms with Crippen LogP contribution < -0.4 is 0 Å². The largest absolute Gasteiger partial charge is 0.505 e. The minimum atomic E-state index is 0.247. The molecule has 0 fully saturated rings. The third-order valence-electron chi connectivity index (χ3n) is 3.10. The van der Waals surface area contributed by atoms with E-state index in [1.54, 1.807) is 6.20 Å². The van der Waals surface area contributed by atoms with Crippen LogP contribution in [0.1, 0.15) is 5.56 Å². The molecule has 1 N–H and O–H groups in total. The van der Waals surface area contributed by atoms with Crippen molar-refractivity contribution in [2.45, 2.75) is 6.92 Å². The second-order valence-electron chi connectivity index (χ2n) is 4.41. The molecule has 0 bridgehead atoms. The summed E-state index contributed by atoms with van der Waals surface area (Å²) in [5.74, 6) is 0.247. The van der Waals surface area contributed by atoms with E-state index in [2.05, 4.69) is 4.98 Å². The number of pyridine rings is 1. The molecular formula is C16H13NO. The predicted octanol–water partition coefficient (Wildman–Crippen LogP) is 3.92. The van der Waals surface area contributed by atoms with Crippen LogP contribution in [-0.4, -0.2) is 10.1 Å². The Hall–Kier alpha value is -2.35. The minimum Gasteiger partial charge on any atom is -0.505 e. The quantitative estimate of drug-likeness (QED) is 0.693. The summed E-state index contributed by atoms with van der Waals surface area (Å²) in [5, 5.41) is 12.1. The Morgan fingerprint density at radius 1 is 0.944 bits per heavy atom. The van der Waals surface area contributed by atoms with Crippen molar-refractivity contribution in [3.63, 3.8) is 0 Å². The number of hydrogen-bond acceptors (Lipinski definition) is 2. The average Bonchev–Trinajstić information content (AvgIpc) is 2.41. The van der Waals surface area contributed by atoms with E-state index in [-0.39, 0.29) is 5.75 Å². The van der Waals surface area contributed by atoms with E-state index < -0.39 is 0 Å². The molecule has 0 saturated carbocycles. The van der Waals surface area contributed by atoms with Gasteiger partial charge in [-0.3, -0.25) is 4.98 Å². The summed E-state index contributed by atoms with van der Waals surface area (Å²) in [5.41, 5.74) is 2.76. The monoisotopic (exact) mass is 235 g/mol. The summed E-state index contributed by atoms with van der Waals surface area (Å²) in [6.45, 7) is 2.04. The van der Waals surface area contributed by atoms with Crippen LogP contribution in [0.2, 0.25) is 0 Å². The van der Waals surface area contributed by atoms with Crippen molar-refractivity contribution < 1.29 is 5.11 Å². The van der Waals surface area contributed by atoms with Crippen molar-refractivity contribution in [2.24, 2.45) is 0 Å². The Balaban J connectivity index is 2.24. The Morgan fingerprint density at radius 3 is 2.44 bits per heavy atom. The Kier molecular flexibility index (Phi) is 2.49. The Bertz CT molecular complexity index is 702. The lowest BCUT2D eigenvalue weighted by molar-refractivity contribution is 0.481. The number of aromatic nitrogens is 1. The number of nitrogens with zero attached hydrogens (tertiary/aromatic N) is 1. The van der Waals surface area contributed by atoms with Crippen LogP contribution in [0.15, 0.2) is 54.7 Å². The lowest BCUT2D eigenvalue weighted by Gasteiger charge is -2.07. The molecule has 0 aliphatic rings. The van der Waals surface area contributed by atoms with Crippen molar-refractivity contribution in [1.82, 2.24) is 4.98 Å². The number of hydrogen-bond donors (Lipinski definition) is 1. The summed E-state index contributed by atoms with van der Waals surface area (Å²) >= 11 is 0. The molecule has 1 aromatic heterocycles. The van der Waals surface area contributed by atoms with Gasteiger partial charge in [0.1, 0.15) is 11.4 Å². The van der Waals surface area contributed by atoms with Crippen molar-refractivity contribution in [2.75, 3.05) is 0 Å². The standard InChI is InChI=1S/C16H13NO/c1-11-6-8-12(9-7-11)15-16(18)14-5-3-2-4-13(14)10-17-15/h2-10,18H,1H3. The molecule has 2 nitrogen and oxygen atoms in total. The van der Waals surface area contributed by atoms with Gasteiger partial charge in [0.15, 0.2) is 0 Å². The molecule has 0 radical (unpaired) electrons. The molecule has 0 aliphatic carbocycles. The molecule has 0 amide bonds. The highest BCUT2D eigenvalue weighted by Gasteiger charge is 2.09. The van der Waals surface area contributed by atoms with E-state index in [1.807, 2.05) is 55.5 Å². The van der Waals surface area contributed by atoms with Gasteiger partial charge in [-0.15, -0.1) is 0 Å². The van der Waals surface area contributed by atoms with E-state index in [9.17, 15) is 5.11 Å². The van der Waals surface area contributed by atoms with Gasteiger partial charge in [-0.25, -0.2) is 0 Å². The van der Waals surface area contributed by atoms with Crippen LogP contribution in [-0.2, 0) is 0 Å². The molecule has 3 aromatic rings. The summed E-state index contributed by atoms with van der Waals surface area (Å²) in [7, 11) is 0. The highest BCUT2D eigenvalue weighted by molar-refractivity contribution is 5.92. The third kappa shape index (κ3) is 1.72.